The molecule has 14 heavy (non-hydrogen) atoms. The molecule has 0 saturated heterocycles. The van der Waals surface area contributed by atoms with Crippen molar-refractivity contribution in [2.24, 2.45) is 0 Å². The van der Waals surface area contributed by atoms with Crippen LogP contribution in [-0.2, 0) is 0 Å². The Balaban J connectivity index is 2.69. The monoisotopic (exact) mass is 209 g/mol. The van der Waals surface area contributed by atoms with Gasteiger partial charge in [-0.05, 0) is 17.7 Å². The Kier molecular flexibility index (Phi) is 4.48. The Morgan fingerprint density at radius 3 is 2.57 bits per heavy atom. The predicted molar refractivity (Wildman–Crippen MR) is 58.1 cm³/mol. The van der Waals surface area contributed by atoms with E-state index in [2.05, 4.69) is 11.2 Å². The molecule has 2 nitrogen and oxygen atoms in total. The SMILES string of the molecule is C#CCNC(CO)c1ccc(Cl)cc1. The van der Waals surface area contributed by atoms with Crippen molar-refractivity contribution in [3.8, 4) is 12.3 Å². The highest BCUT2D eigenvalue weighted by atomic mass is 35.5. The van der Waals surface area contributed by atoms with Crippen molar-refractivity contribution in [1.82, 2.24) is 5.32 Å². The zero-order valence-electron chi connectivity index (χ0n) is 7.70. The van der Waals surface area contributed by atoms with Crippen LogP contribution < -0.4 is 5.32 Å². The van der Waals surface area contributed by atoms with Gasteiger partial charge in [0.1, 0.15) is 0 Å². The number of hydrogen-bond donors (Lipinski definition) is 2. The van der Waals surface area contributed by atoms with Gasteiger partial charge in [-0.3, -0.25) is 5.32 Å². The molecule has 0 aliphatic heterocycles. The molecule has 2 N–H and O–H groups in total. The Morgan fingerprint density at radius 1 is 1.43 bits per heavy atom. The summed E-state index contributed by atoms with van der Waals surface area (Å²) in [6, 6.07) is 7.19. The molecule has 1 aromatic rings. The third-order valence-corrected chi connectivity index (χ3v) is 2.16. The van der Waals surface area contributed by atoms with Crippen molar-refractivity contribution in [3.05, 3.63) is 34.9 Å². The quantitative estimate of drug-likeness (QED) is 0.739. The summed E-state index contributed by atoms with van der Waals surface area (Å²) in [5, 5.41) is 12.8. The van der Waals surface area contributed by atoms with Crippen LogP contribution in [0.3, 0.4) is 0 Å². The molecule has 0 aliphatic rings. The molecular formula is C11H12ClNO. The lowest BCUT2D eigenvalue weighted by Gasteiger charge is -2.14. The molecule has 0 fully saturated rings. The first-order valence-corrected chi connectivity index (χ1v) is 4.69. The maximum atomic E-state index is 9.11. The fraction of sp³-hybridized carbons (Fsp3) is 0.273. The standard InChI is InChI=1S/C11H12ClNO/c1-2-7-13-11(8-14)9-3-5-10(12)6-4-9/h1,3-6,11,13-14H,7-8H2. The molecule has 0 aromatic heterocycles. The highest BCUT2D eigenvalue weighted by molar-refractivity contribution is 6.30. The number of benzene rings is 1. The van der Waals surface area contributed by atoms with Crippen LogP contribution in [0.25, 0.3) is 0 Å². The Hall–Kier alpha value is -1.01. The number of aliphatic hydroxyl groups is 1. The van der Waals surface area contributed by atoms with Crippen LogP contribution >= 0.6 is 11.6 Å². The van der Waals surface area contributed by atoms with E-state index >= 15 is 0 Å². The number of halogens is 1. The average Bonchev–Trinajstić information content (AvgIpc) is 2.21. The molecule has 1 unspecified atom stereocenters. The number of rotatable bonds is 4. The molecule has 0 spiro atoms. The molecule has 0 aliphatic carbocycles. The summed E-state index contributed by atoms with van der Waals surface area (Å²) in [6.45, 7) is 0.456. The van der Waals surface area contributed by atoms with Gasteiger partial charge >= 0.3 is 0 Å². The van der Waals surface area contributed by atoms with Crippen molar-refractivity contribution in [1.29, 1.82) is 0 Å². The summed E-state index contributed by atoms with van der Waals surface area (Å²) in [4.78, 5) is 0. The van der Waals surface area contributed by atoms with Gasteiger partial charge in [0.15, 0.2) is 0 Å². The topological polar surface area (TPSA) is 32.3 Å². The normalized spacial score (nSPS) is 12.1. The van der Waals surface area contributed by atoms with Crippen LogP contribution in [0.2, 0.25) is 5.02 Å². The van der Waals surface area contributed by atoms with Crippen molar-refractivity contribution in [2.45, 2.75) is 6.04 Å². The van der Waals surface area contributed by atoms with E-state index in [1.165, 1.54) is 0 Å². The number of nitrogens with one attached hydrogen (secondary N) is 1. The van der Waals surface area contributed by atoms with E-state index in [0.717, 1.165) is 5.56 Å². The van der Waals surface area contributed by atoms with E-state index in [1.807, 2.05) is 12.1 Å². The Morgan fingerprint density at radius 2 is 2.07 bits per heavy atom. The highest BCUT2D eigenvalue weighted by Gasteiger charge is 2.07. The summed E-state index contributed by atoms with van der Waals surface area (Å²) >= 11 is 5.75. The number of hydrogen-bond acceptors (Lipinski definition) is 2. The fourth-order valence-electron chi connectivity index (χ4n) is 1.17. The predicted octanol–water partition coefficient (Wildman–Crippen LogP) is 1.60. The second kappa shape index (κ2) is 5.66. The molecule has 1 aromatic carbocycles. The fourth-order valence-corrected chi connectivity index (χ4v) is 1.29. The van der Waals surface area contributed by atoms with Gasteiger partial charge in [-0.2, -0.15) is 0 Å². The summed E-state index contributed by atoms with van der Waals surface area (Å²) in [6.07, 6.45) is 5.12. The van der Waals surface area contributed by atoms with Gasteiger partial charge in [0, 0.05) is 5.02 Å². The molecular weight excluding hydrogens is 198 g/mol. The molecule has 3 heteroatoms. The van der Waals surface area contributed by atoms with E-state index in [9.17, 15) is 0 Å². The average molecular weight is 210 g/mol. The molecule has 0 saturated carbocycles. The minimum absolute atomic E-state index is 0.0172. The first-order valence-electron chi connectivity index (χ1n) is 4.31. The van der Waals surface area contributed by atoms with Crippen LogP contribution in [0.5, 0.6) is 0 Å². The van der Waals surface area contributed by atoms with E-state index in [1.54, 1.807) is 12.1 Å². The minimum atomic E-state index is -0.122. The molecule has 1 rings (SSSR count). The molecule has 74 valence electrons. The van der Waals surface area contributed by atoms with Crippen molar-refractivity contribution < 1.29 is 5.11 Å². The molecule has 0 bridgehead atoms. The molecule has 0 heterocycles. The molecule has 1 atom stereocenters. The Labute approximate surface area is 88.9 Å². The van der Waals surface area contributed by atoms with Gasteiger partial charge in [-0.25, -0.2) is 0 Å². The minimum Gasteiger partial charge on any atom is -0.394 e. The maximum Gasteiger partial charge on any atom is 0.0626 e. The lowest BCUT2D eigenvalue weighted by atomic mass is 10.1. The first-order chi connectivity index (χ1) is 6.77. The smallest absolute Gasteiger partial charge is 0.0626 e. The van der Waals surface area contributed by atoms with E-state index in [-0.39, 0.29) is 12.6 Å². The summed E-state index contributed by atoms with van der Waals surface area (Å²) in [7, 11) is 0. The maximum absolute atomic E-state index is 9.11. The lowest BCUT2D eigenvalue weighted by molar-refractivity contribution is 0.248. The van der Waals surface area contributed by atoms with E-state index < -0.39 is 0 Å². The zero-order valence-corrected chi connectivity index (χ0v) is 8.46. The number of terminal acetylenes is 1. The first kappa shape index (κ1) is 11.1. The van der Waals surface area contributed by atoms with Crippen LogP contribution in [0.4, 0.5) is 0 Å². The van der Waals surface area contributed by atoms with Crippen molar-refractivity contribution in [2.75, 3.05) is 13.2 Å². The van der Waals surface area contributed by atoms with E-state index in [0.29, 0.717) is 11.6 Å². The summed E-state index contributed by atoms with van der Waals surface area (Å²) in [5.41, 5.74) is 0.979. The van der Waals surface area contributed by atoms with Crippen LogP contribution in [-0.4, -0.2) is 18.3 Å². The largest absolute Gasteiger partial charge is 0.394 e. The Bertz CT molecular complexity index is 315. The van der Waals surface area contributed by atoms with Crippen molar-refractivity contribution >= 4 is 11.6 Å². The van der Waals surface area contributed by atoms with E-state index in [4.69, 9.17) is 23.1 Å². The van der Waals surface area contributed by atoms with Gasteiger partial charge < -0.3 is 5.11 Å². The zero-order chi connectivity index (χ0) is 10.4. The summed E-state index contributed by atoms with van der Waals surface area (Å²) in [5.74, 6) is 2.47. The number of aliphatic hydroxyl groups excluding tert-OH is 1. The van der Waals surface area contributed by atoms with Gasteiger partial charge in [0.2, 0.25) is 0 Å². The summed E-state index contributed by atoms with van der Waals surface area (Å²) < 4.78 is 0. The second-order valence-corrected chi connectivity index (χ2v) is 3.31. The molecule has 0 radical (unpaired) electrons. The van der Waals surface area contributed by atoms with Crippen LogP contribution in [0.15, 0.2) is 24.3 Å². The van der Waals surface area contributed by atoms with Crippen LogP contribution in [0, 0.1) is 12.3 Å². The van der Waals surface area contributed by atoms with Gasteiger partial charge in [0.05, 0.1) is 19.2 Å². The van der Waals surface area contributed by atoms with Gasteiger partial charge in [-0.15, -0.1) is 6.42 Å². The third kappa shape index (κ3) is 3.04. The second-order valence-electron chi connectivity index (χ2n) is 2.87. The van der Waals surface area contributed by atoms with Gasteiger partial charge in [-0.1, -0.05) is 29.7 Å². The highest BCUT2D eigenvalue weighted by Crippen LogP contribution is 2.15. The van der Waals surface area contributed by atoms with Crippen LogP contribution in [0.1, 0.15) is 11.6 Å². The van der Waals surface area contributed by atoms with Gasteiger partial charge in [0.25, 0.3) is 0 Å². The lowest BCUT2D eigenvalue weighted by Crippen LogP contribution is -2.24. The molecule has 0 amide bonds. The third-order valence-electron chi connectivity index (χ3n) is 1.91. The van der Waals surface area contributed by atoms with Crippen molar-refractivity contribution in [3.63, 3.8) is 0 Å².